The average Bonchev–Trinajstić information content (AvgIpc) is 2.74. The lowest BCUT2D eigenvalue weighted by atomic mass is 10.2. The molecule has 6 heteroatoms. The van der Waals surface area contributed by atoms with Crippen LogP contribution in [0.3, 0.4) is 0 Å². The van der Waals surface area contributed by atoms with E-state index in [9.17, 15) is 9.59 Å². The summed E-state index contributed by atoms with van der Waals surface area (Å²) >= 11 is 0. The summed E-state index contributed by atoms with van der Waals surface area (Å²) in [6.45, 7) is 2.48. The summed E-state index contributed by atoms with van der Waals surface area (Å²) in [5.41, 5.74) is -0.147. The van der Waals surface area contributed by atoms with E-state index in [1.807, 2.05) is 6.08 Å². The fraction of sp³-hybridized carbons (Fsp3) is 0.217. The fourth-order valence-corrected chi connectivity index (χ4v) is 2.81. The highest BCUT2D eigenvalue weighted by Crippen LogP contribution is 2.39. The maximum Gasteiger partial charge on any atom is 0.383 e. The molecule has 0 fully saturated rings. The van der Waals surface area contributed by atoms with Crippen molar-refractivity contribution in [2.45, 2.75) is 19.8 Å². The maximum absolute atomic E-state index is 12.6. The summed E-state index contributed by atoms with van der Waals surface area (Å²) in [6, 6.07) is 13.5. The Kier molecular flexibility index (Phi) is 6.68. The first-order valence-electron chi connectivity index (χ1n) is 9.34. The van der Waals surface area contributed by atoms with Crippen LogP contribution in [-0.4, -0.2) is 19.7 Å². The van der Waals surface area contributed by atoms with Crippen molar-refractivity contribution in [2.75, 3.05) is 13.7 Å². The molecule has 3 aromatic rings. The first-order valence-corrected chi connectivity index (χ1v) is 9.34. The SMILES string of the molecule is CCC=CCCOc1cccc2oc(=O)c(OC)c(OC(=O)c3ccccc3)c12. The van der Waals surface area contributed by atoms with Gasteiger partial charge in [-0.3, -0.25) is 0 Å². The summed E-state index contributed by atoms with van der Waals surface area (Å²) < 4.78 is 22.0. The highest BCUT2D eigenvalue weighted by molar-refractivity contribution is 5.97. The Morgan fingerprint density at radius 1 is 1.03 bits per heavy atom. The van der Waals surface area contributed by atoms with Crippen LogP contribution >= 0.6 is 0 Å². The lowest BCUT2D eigenvalue weighted by molar-refractivity contribution is 0.0731. The second kappa shape index (κ2) is 9.59. The number of benzene rings is 2. The van der Waals surface area contributed by atoms with Gasteiger partial charge in [-0.2, -0.15) is 0 Å². The number of hydrogen-bond acceptors (Lipinski definition) is 6. The molecule has 2 aromatic carbocycles. The number of esters is 1. The number of hydrogen-bond donors (Lipinski definition) is 0. The number of fused-ring (bicyclic) bond motifs is 1. The van der Waals surface area contributed by atoms with Crippen LogP contribution in [0.15, 0.2) is 69.9 Å². The zero-order chi connectivity index (χ0) is 20.6. The maximum atomic E-state index is 12.6. The fourth-order valence-electron chi connectivity index (χ4n) is 2.81. The summed E-state index contributed by atoms with van der Waals surface area (Å²) in [6.07, 6.45) is 5.76. The molecule has 0 radical (unpaired) electrons. The molecule has 0 N–H and O–H groups in total. The van der Waals surface area contributed by atoms with Crippen molar-refractivity contribution in [3.8, 4) is 17.2 Å². The van der Waals surface area contributed by atoms with Gasteiger partial charge in [-0.1, -0.05) is 43.3 Å². The third-order valence-electron chi connectivity index (χ3n) is 4.16. The largest absolute Gasteiger partial charge is 0.492 e. The zero-order valence-corrected chi connectivity index (χ0v) is 16.3. The number of ether oxygens (including phenoxy) is 3. The monoisotopic (exact) mass is 394 g/mol. The zero-order valence-electron chi connectivity index (χ0n) is 16.3. The Morgan fingerprint density at radius 3 is 2.55 bits per heavy atom. The normalized spacial score (nSPS) is 11.0. The van der Waals surface area contributed by atoms with Gasteiger partial charge in [0.25, 0.3) is 0 Å². The first-order chi connectivity index (χ1) is 14.2. The van der Waals surface area contributed by atoms with Gasteiger partial charge in [0, 0.05) is 0 Å². The highest BCUT2D eigenvalue weighted by atomic mass is 16.6. The van der Waals surface area contributed by atoms with Gasteiger partial charge < -0.3 is 18.6 Å². The van der Waals surface area contributed by atoms with Crippen molar-refractivity contribution in [2.24, 2.45) is 0 Å². The number of carbonyl (C=O) groups is 1. The Bertz CT molecular complexity index is 1070. The lowest BCUT2D eigenvalue weighted by Gasteiger charge is -2.14. The van der Waals surface area contributed by atoms with Gasteiger partial charge in [-0.15, -0.1) is 0 Å². The number of carbonyl (C=O) groups excluding carboxylic acids is 1. The van der Waals surface area contributed by atoms with Crippen molar-refractivity contribution < 1.29 is 23.4 Å². The predicted molar refractivity (Wildman–Crippen MR) is 110 cm³/mol. The van der Waals surface area contributed by atoms with Crippen LogP contribution in [-0.2, 0) is 0 Å². The molecule has 0 aliphatic carbocycles. The quantitative estimate of drug-likeness (QED) is 0.237. The Labute approximate surface area is 168 Å². The van der Waals surface area contributed by atoms with Crippen LogP contribution in [0.25, 0.3) is 11.0 Å². The summed E-state index contributed by atoms with van der Waals surface area (Å²) in [7, 11) is 1.32. The van der Waals surface area contributed by atoms with E-state index in [0.29, 0.717) is 23.3 Å². The molecular formula is C23H22O6. The van der Waals surface area contributed by atoms with Gasteiger partial charge in [-0.05, 0) is 37.1 Å². The van der Waals surface area contributed by atoms with Crippen molar-refractivity contribution in [3.63, 3.8) is 0 Å². The molecule has 0 atom stereocenters. The average molecular weight is 394 g/mol. The molecule has 0 saturated carbocycles. The molecule has 0 aliphatic rings. The van der Waals surface area contributed by atoms with E-state index < -0.39 is 11.6 Å². The molecule has 150 valence electrons. The Balaban J connectivity index is 2.04. The lowest BCUT2D eigenvalue weighted by Crippen LogP contribution is -2.13. The first kappa shape index (κ1) is 20.2. The van der Waals surface area contributed by atoms with Crippen LogP contribution in [0.1, 0.15) is 30.1 Å². The Hall–Kier alpha value is -3.54. The van der Waals surface area contributed by atoms with Crippen LogP contribution < -0.4 is 19.8 Å². The minimum Gasteiger partial charge on any atom is -0.492 e. The van der Waals surface area contributed by atoms with Crippen molar-refractivity contribution in [1.29, 1.82) is 0 Å². The standard InChI is InChI=1S/C23H22O6/c1-3-4-5-9-15-27-17-13-10-14-18-19(17)20(21(26-2)23(25)28-18)29-22(24)16-11-7-6-8-12-16/h4-8,10-14H,3,9,15H2,1-2H3. The van der Waals surface area contributed by atoms with Gasteiger partial charge in [0.15, 0.2) is 5.75 Å². The Morgan fingerprint density at radius 2 is 1.83 bits per heavy atom. The highest BCUT2D eigenvalue weighted by Gasteiger charge is 2.23. The minimum atomic E-state index is -0.737. The third kappa shape index (κ3) is 4.66. The molecule has 6 nitrogen and oxygen atoms in total. The molecule has 0 aliphatic heterocycles. The number of methoxy groups -OCH3 is 1. The summed E-state index contributed by atoms with van der Waals surface area (Å²) in [4.78, 5) is 24.9. The van der Waals surface area contributed by atoms with Crippen molar-refractivity contribution >= 4 is 16.9 Å². The second-order valence-corrected chi connectivity index (χ2v) is 6.15. The molecule has 0 spiro atoms. The van der Waals surface area contributed by atoms with Gasteiger partial charge in [0.1, 0.15) is 16.7 Å². The predicted octanol–water partition coefficient (Wildman–Crippen LogP) is 4.76. The van der Waals surface area contributed by atoms with Gasteiger partial charge >= 0.3 is 11.6 Å². The van der Waals surface area contributed by atoms with Gasteiger partial charge in [0.05, 0.1) is 19.3 Å². The van der Waals surface area contributed by atoms with Crippen LogP contribution in [0, 0.1) is 0 Å². The van der Waals surface area contributed by atoms with Crippen LogP contribution in [0.4, 0.5) is 0 Å². The van der Waals surface area contributed by atoms with E-state index in [1.54, 1.807) is 48.5 Å². The van der Waals surface area contributed by atoms with Gasteiger partial charge in [-0.25, -0.2) is 9.59 Å². The van der Waals surface area contributed by atoms with Crippen LogP contribution in [0.2, 0.25) is 0 Å². The van der Waals surface area contributed by atoms with E-state index >= 15 is 0 Å². The third-order valence-corrected chi connectivity index (χ3v) is 4.16. The van der Waals surface area contributed by atoms with E-state index in [1.165, 1.54) is 7.11 Å². The molecular weight excluding hydrogens is 372 g/mol. The van der Waals surface area contributed by atoms with E-state index in [2.05, 4.69) is 13.0 Å². The topological polar surface area (TPSA) is 75.0 Å². The molecule has 1 heterocycles. The molecule has 0 unspecified atom stereocenters. The molecule has 3 rings (SSSR count). The summed E-state index contributed by atoms with van der Waals surface area (Å²) in [5.74, 6) is -0.391. The molecule has 1 aromatic heterocycles. The number of allylic oxidation sites excluding steroid dienone is 1. The van der Waals surface area contributed by atoms with Crippen molar-refractivity contribution in [3.05, 3.63) is 76.7 Å². The van der Waals surface area contributed by atoms with Gasteiger partial charge in [0.2, 0.25) is 5.75 Å². The smallest absolute Gasteiger partial charge is 0.383 e. The van der Waals surface area contributed by atoms with E-state index in [-0.39, 0.29) is 17.1 Å². The molecule has 0 saturated heterocycles. The summed E-state index contributed by atoms with van der Waals surface area (Å²) in [5, 5.41) is 0.368. The second-order valence-electron chi connectivity index (χ2n) is 6.15. The van der Waals surface area contributed by atoms with Crippen molar-refractivity contribution in [1.82, 2.24) is 0 Å². The molecule has 0 bridgehead atoms. The minimum absolute atomic E-state index is 0.0210. The molecule has 0 amide bonds. The molecule has 29 heavy (non-hydrogen) atoms. The van der Waals surface area contributed by atoms with Crippen LogP contribution in [0.5, 0.6) is 17.2 Å². The van der Waals surface area contributed by atoms with E-state index in [4.69, 9.17) is 18.6 Å². The number of rotatable bonds is 8. The van der Waals surface area contributed by atoms with E-state index in [0.717, 1.165) is 12.8 Å².